The zero-order valence-electron chi connectivity index (χ0n) is 14.4. The molecule has 2 heterocycles. The molecule has 0 saturated carbocycles. The van der Waals surface area contributed by atoms with Crippen molar-refractivity contribution in [1.82, 2.24) is 0 Å². The van der Waals surface area contributed by atoms with Crippen molar-refractivity contribution in [3.63, 3.8) is 0 Å². The van der Waals surface area contributed by atoms with E-state index in [0.717, 1.165) is 22.5 Å². The third kappa shape index (κ3) is 2.63. The summed E-state index contributed by atoms with van der Waals surface area (Å²) in [5, 5.41) is 3.38. The van der Waals surface area contributed by atoms with Crippen molar-refractivity contribution >= 4 is 39.7 Å². The number of anilines is 2. The van der Waals surface area contributed by atoms with Crippen LogP contribution in [0.25, 0.3) is 0 Å². The quantitative estimate of drug-likeness (QED) is 0.303. The first-order chi connectivity index (χ1) is 13.2. The molecular formula is C23H16INO2. The van der Waals surface area contributed by atoms with Crippen LogP contribution in [0.1, 0.15) is 27.6 Å². The predicted molar refractivity (Wildman–Crippen MR) is 114 cm³/mol. The molecule has 1 N–H and O–H groups in total. The summed E-state index contributed by atoms with van der Waals surface area (Å²) in [6.07, 6.45) is 3.75. The fourth-order valence-electron chi connectivity index (χ4n) is 3.84. The summed E-state index contributed by atoms with van der Waals surface area (Å²) in [4.78, 5) is 13.6. The molecule has 0 aromatic heterocycles. The number of benzene rings is 3. The molecule has 3 aromatic rings. The maximum absolute atomic E-state index is 13.6. The van der Waals surface area contributed by atoms with Crippen molar-refractivity contribution in [2.24, 2.45) is 0 Å². The lowest BCUT2D eigenvalue weighted by Crippen LogP contribution is -2.32. The topological polar surface area (TPSA) is 38.3 Å². The molecule has 27 heavy (non-hydrogen) atoms. The molecule has 3 nitrogen and oxygen atoms in total. The Morgan fingerprint density at radius 3 is 2.56 bits per heavy atom. The SMILES string of the molecule is O=C(c1ccccc1Nc1ccc(I)cc1)[C@@]12C=C[C@@H](O1)c1ccccc12. The largest absolute Gasteiger partial charge is 0.355 e. The third-order valence-electron chi connectivity index (χ3n) is 5.12. The maximum Gasteiger partial charge on any atom is 0.205 e. The number of fused-ring (bicyclic) bond motifs is 5. The average Bonchev–Trinajstić information content (AvgIpc) is 3.29. The van der Waals surface area contributed by atoms with Crippen LogP contribution in [0.3, 0.4) is 0 Å². The van der Waals surface area contributed by atoms with E-state index in [4.69, 9.17) is 4.74 Å². The molecule has 2 bridgehead atoms. The fourth-order valence-corrected chi connectivity index (χ4v) is 4.20. The molecule has 0 aliphatic carbocycles. The van der Waals surface area contributed by atoms with Gasteiger partial charge in [-0.3, -0.25) is 4.79 Å². The Hall–Kier alpha value is -2.44. The van der Waals surface area contributed by atoms with Crippen LogP contribution >= 0.6 is 22.6 Å². The molecule has 0 amide bonds. The highest BCUT2D eigenvalue weighted by atomic mass is 127. The highest BCUT2D eigenvalue weighted by Gasteiger charge is 2.52. The third-order valence-corrected chi connectivity index (χ3v) is 5.84. The molecule has 5 rings (SSSR count). The van der Waals surface area contributed by atoms with Crippen molar-refractivity contribution in [2.45, 2.75) is 11.7 Å². The van der Waals surface area contributed by atoms with Crippen molar-refractivity contribution in [3.8, 4) is 0 Å². The van der Waals surface area contributed by atoms with E-state index in [-0.39, 0.29) is 11.9 Å². The molecule has 3 aromatic carbocycles. The van der Waals surface area contributed by atoms with Gasteiger partial charge >= 0.3 is 0 Å². The van der Waals surface area contributed by atoms with Crippen LogP contribution in [0.2, 0.25) is 0 Å². The number of para-hydroxylation sites is 1. The minimum atomic E-state index is -1.02. The van der Waals surface area contributed by atoms with Gasteiger partial charge in [0, 0.05) is 26.1 Å². The van der Waals surface area contributed by atoms with Gasteiger partial charge in [-0.2, -0.15) is 0 Å². The highest BCUT2D eigenvalue weighted by molar-refractivity contribution is 14.1. The molecule has 2 aliphatic heterocycles. The first-order valence-corrected chi connectivity index (χ1v) is 9.88. The molecule has 132 valence electrons. The van der Waals surface area contributed by atoms with Gasteiger partial charge in [-0.05, 0) is 70.6 Å². The monoisotopic (exact) mass is 465 g/mol. The standard InChI is InChI=1S/C23H16INO2/c24-15-9-11-16(12-10-15)25-20-8-4-2-6-18(20)22(26)23-14-13-21(27-23)17-5-1-3-7-19(17)23/h1-14,21,25H/t21-,23+/m1/s1. The molecule has 0 unspecified atom stereocenters. The fraction of sp³-hybridized carbons (Fsp3) is 0.0870. The molecule has 4 heteroatoms. The van der Waals surface area contributed by atoms with E-state index >= 15 is 0 Å². The lowest BCUT2D eigenvalue weighted by molar-refractivity contribution is 0.00594. The van der Waals surface area contributed by atoms with Gasteiger partial charge in [0.15, 0.2) is 5.60 Å². The highest BCUT2D eigenvalue weighted by Crippen LogP contribution is 2.52. The van der Waals surface area contributed by atoms with Crippen LogP contribution in [0.4, 0.5) is 11.4 Å². The Morgan fingerprint density at radius 1 is 0.963 bits per heavy atom. The van der Waals surface area contributed by atoms with E-state index in [1.165, 1.54) is 3.57 Å². The zero-order valence-corrected chi connectivity index (χ0v) is 16.5. The summed E-state index contributed by atoms with van der Waals surface area (Å²) in [5.74, 6) is -0.0418. The Labute approximate surface area is 171 Å². The van der Waals surface area contributed by atoms with Gasteiger partial charge in [0.2, 0.25) is 5.78 Å². The Bertz CT molecular complexity index is 1070. The molecule has 0 saturated heterocycles. The first kappa shape index (κ1) is 16.7. The predicted octanol–water partition coefficient (Wildman–Crippen LogP) is 5.75. The summed E-state index contributed by atoms with van der Waals surface area (Å²) < 4.78 is 7.34. The number of hydrogen-bond donors (Lipinski definition) is 1. The van der Waals surface area contributed by atoms with Gasteiger partial charge in [0.05, 0.1) is 0 Å². The van der Waals surface area contributed by atoms with Crippen LogP contribution in [0.15, 0.2) is 84.9 Å². The zero-order chi connectivity index (χ0) is 18.4. The summed E-state index contributed by atoms with van der Waals surface area (Å²) >= 11 is 2.28. The smallest absolute Gasteiger partial charge is 0.205 e. The van der Waals surface area contributed by atoms with E-state index < -0.39 is 5.60 Å². The van der Waals surface area contributed by atoms with Crippen molar-refractivity contribution in [1.29, 1.82) is 0 Å². The second kappa shape index (κ2) is 6.32. The van der Waals surface area contributed by atoms with E-state index in [9.17, 15) is 4.79 Å². The van der Waals surface area contributed by atoms with E-state index in [1.807, 2.05) is 84.9 Å². The van der Waals surface area contributed by atoms with Crippen molar-refractivity contribution in [2.75, 3.05) is 5.32 Å². The molecule has 2 atom stereocenters. The number of carbonyl (C=O) groups is 1. The van der Waals surface area contributed by atoms with E-state index in [1.54, 1.807) is 0 Å². The van der Waals surface area contributed by atoms with Crippen molar-refractivity contribution < 1.29 is 9.53 Å². The molecule has 0 radical (unpaired) electrons. The number of carbonyl (C=O) groups excluding carboxylic acids is 1. The Kier molecular flexibility index (Phi) is 3.91. The van der Waals surface area contributed by atoms with Crippen LogP contribution in [-0.2, 0) is 10.3 Å². The van der Waals surface area contributed by atoms with Gasteiger partial charge in [-0.1, -0.05) is 42.5 Å². The summed E-state index contributed by atoms with van der Waals surface area (Å²) in [7, 11) is 0. The first-order valence-electron chi connectivity index (χ1n) is 8.80. The number of hydrogen-bond acceptors (Lipinski definition) is 3. The van der Waals surface area contributed by atoms with Crippen LogP contribution < -0.4 is 5.32 Å². The van der Waals surface area contributed by atoms with Gasteiger partial charge in [-0.15, -0.1) is 0 Å². The van der Waals surface area contributed by atoms with Crippen LogP contribution in [-0.4, -0.2) is 5.78 Å². The van der Waals surface area contributed by atoms with Crippen LogP contribution in [0.5, 0.6) is 0 Å². The number of nitrogens with one attached hydrogen (secondary N) is 1. The van der Waals surface area contributed by atoms with Crippen LogP contribution in [0, 0.1) is 3.57 Å². The Balaban J connectivity index is 1.55. The molecule has 0 spiro atoms. The van der Waals surface area contributed by atoms with Gasteiger partial charge in [-0.25, -0.2) is 0 Å². The van der Waals surface area contributed by atoms with Crippen molar-refractivity contribution in [3.05, 3.63) is 105 Å². The second-order valence-electron chi connectivity index (χ2n) is 6.73. The molecular weight excluding hydrogens is 449 g/mol. The van der Waals surface area contributed by atoms with Gasteiger partial charge in [0.1, 0.15) is 6.10 Å². The number of ether oxygens (including phenoxy) is 1. The number of rotatable bonds is 4. The maximum atomic E-state index is 13.6. The average molecular weight is 465 g/mol. The van der Waals surface area contributed by atoms with Gasteiger partial charge < -0.3 is 10.1 Å². The molecule has 0 fully saturated rings. The molecule has 2 aliphatic rings. The minimum Gasteiger partial charge on any atom is -0.355 e. The number of Topliss-reactive ketones (excluding diaryl/α,β-unsaturated/α-hetero) is 1. The summed E-state index contributed by atoms with van der Waals surface area (Å²) in [6.45, 7) is 0. The van der Waals surface area contributed by atoms with E-state index in [2.05, 4.69) is 27.9 Å². The lowest BCUT2D eigenvalue weighted by atomic mass is 9.81. The van der Waals surface area contributed by atoms with Gasteiger partial charge in [0.25, 0.3) is 0 Å². The Morgan fingerprint density at radius 2 is 1.70 bits per heavy atom. The second-order valence-corrected chi connectivity index (χ2v) is 7.97. The summed E-state index contributed by atoms with van der Waals surface area (Å²) in [5.41, 5.74) is 3.36. The minimum absolute atomic E-state index is 0.0418. The normalized spacial score (nSPS) is 21.9. The van der Waals surface area contributed by atoms with E-state index in [0.29, 0.717) is 5.56 Å². The number of halogens is 1. The lowest BCUT2D eigenvalue weighted by Gasteiger charge is -2.24. The summed E-state index contributed by atoms with van der Waals surface area (Å²) in [6, 6.07) is 23.7. The number of ketones is 1.